The molecule has 0 radical (unpaired) electrons. The van der Waals surface area contributed by atoms with Gasteiger partial charge in [-0.3, -0.25) is 4.79 Å². The van der Waals surface area contributed by atoms with Gasteiger partial charge in [-0.25, -0.2) is 4.39 Å². The first-order chi connectivity index (χ1) is 15.5. The zero-order chi connectivity index (χ0) is 22.9. The van der Waals surface area contributed by atoms with E-state index >= 15 is 0 Å². The molecular weight excluding hydrogens is 413 g/mol. The largest absolute Gasteiger partial charge is 0.493 e. The molecule has 0 bridgehead atoms. The lowest BCUT2D eigenvalue weighted by Gasteiger charge is -2.12. The Morgan fingerprint density at radius 3 is 2.22 bits per heavy atom. The topological polar surface area (TPSA) is 66.0 Å². The molecule has 0 saturated carbocycles. The Labute approximate surface area is 186 Å². The predicted octanol–water partition coefficient (Wildman–Crippen LogP) is 4.97. The predicted molar refractivity (Wildman–Crippen MR) is 120 cm³/mol. The molecule has 1 amide bonds. The Kier molecular flexibility index (Phi) is 7.70. The van der Waals surface area contributed by atoms with E-state index in [0.29, 0.717) is 35.3 Å². The van der Waals surface area contributed by atoms with Crippen LogP contribution in [0.4, 0.5) is 4.39 Å². The summed E-state index contributed by atoms with van der Waals surface area (Å²) in [5.74, 6) is 2.03. The van der Waals surface area contributed by atoms with E-state index < -0.39 is 0 Å². The second kappa shape index (κ2) is 10.9. The number of hydrogen-bond acceptors (Lipinski definition) is 5. The number of methoxy groups -OCH3 is 3. The van der Waals surface area contributed by atoms with Crippen LogP contribution < -0.4 is 24.3 Å². The molecule has 0 unspecified atom stereocenters. The first kappa shape index (κ1) is 22.7. The normalized spacial score (nSPS) is 10.6. The third kappa shape index (κ3) is 6.01. The zero-order valence-electron chi connectivity index (χ0n) is 18.1. The fourth-order valence-corrected chi connectivity index (χ4v) is 2.98. The average molecular weight is 437 g/mol. The van der Waals surface area contributed by atoms with Crippen molar-refractivity contribution < 1.29 is 28.1 Å². The number of nitrogens with one attached hydrogen (secondary N) is 1. The summed E-state index contributed by atoms with van der Waals surface area (Å²) in [6, 6.07) is 16.6. The number of ether oxygens (including phenoxy) is 4. The Morgan fingerprint density at radius 1 is 0.906 bits per heavy atom. The maximum atomic E-state index is 13.0. The van der Waals surface area contributed by atoms with E-state index in [1.165, 1.54) is 39.5 Å². The van der Waals surface area contributed by atoms with Gasteiger partial charge in [0.1, 0.15) is 17.3 Å². The molecule has 0 aromatic heterocycles. The van der Waals surface area contributed by atoms with Crippen molar-refractivity contribution in [1.29, 1.82) is 0 Å². The zero-order valence-corrected chi connectivity index (χ0v) is 18.1. The number of amides is 1. The summed E-state index contributed by atoms with van der Waals surface area (Å²) in [7, 11) is 4.60. The van der Waals surface area contributed by atoms with Gasteiger partial charge in [0.05, 0.1) is 21.3 Å². The van der Waals surface area contributed by atoms with Crippen LogP contribution in [-0.2, 0) is 11.3 Å². The molecule has 0 spiro atoms. The highest BCUT2D eigenvalue weighted by atomic mass is 19.1. The maximum Gasteiger partial charge on any atom is 0.244 e. The van der Waals surface area contributed by atoms with Crippen molar-refractivity contribution in [2.24, 2.45) is 0 Å². The van der Waals surface area contributed by atoms with Crippen LogP contribution in [0.15, 0.2) is 66.7 Å². The van der Waals surface area contributed by atoms with E-state index in [2.05, 4.69) is 5.32 Å². The van der Waals surface area contributed by atoms with E-state index in [0.717, 1.165) is 11.1 Å². The first-order valence-electron chi connectivity index (χ1n) is 9.80. The summed E-state index contributed by atoms with van der Waals surface area (Å²) >= 11 is 0. The number of rotatable bonds is 9. The maximum absolute atomic E-state index is 13.0. The molecule has 1 N–H and O–H groups in total. The van der Waals surface area contributed by atoms with Crippen LogP contribution in [0.3, 0.4) is 0 Å². The molecule has 0 heterocycles. The molecule has 6 nitrogen and oxygen atoms in total. The van der Waals surface area contributed by atoms with E-state index in [1.54, 1.807) is 36.4 Å². The number of halogens is 1. The van der Waals surface area contributed by atoms with Gasteiger partial charge in [-0.15, -0.1) is 0 Å². The monoisotopic (exact) mass is 437 g/mol. The number of carbonyl (C=O) groups excluding carboxylic acids is 1. The second-order valence-corrected chi connectivity index (χ2v) is 6.71. The molecule has 3 aromatic carbocycles. The third-order valence-electron chi connectivity index (χ3n) is 4.53. The summed E-state index contributed by atoms with van der Waals surface area (Å²) in [6.45, 7) is 0.318. The molecule has 32 heavy (non-hydrogen) atoms. The van der Waals surface area contributed by atoms with Crippen molar-refractivity contribution in [2.45, 2.75) is 6.54 Å². The minimum absolute atomic E-state index is 0.261. The van der Waals surface area contributed by atoms with Gasteiger partial charge in [-0.1, -0.05) is 12.1 Å². The summed E-state index contributed by atoms with van der Waals surface area (Å²) in [4.78, 5) is 12.3. The Bertz CT molecular complexity index is 1070. The van der Waals surface area contributed by atoms with Crippen molar-refractivity contribution in [1.82, 2.24) is 5.32 Å². The molecule has 7 heteroatoms. The smallest absolute Gasteiger partial charge is 0.244 e. The van der Waals surface area contributed by atoms with Gasteiger partial charge < -0.3 is 24.3 Å². The van der Waals surface area contributed by atoms with Crippen molar-refractivity contribution in [3.63, 3.8) is 0 Å². The van der Waals surface area contributed by atoms with E-state index in [-0.39, 0.29) is 11.7 Å². The van der Waals surface area contributed by atoms with Crippen LogP contribution in [-0.4, -0.2) is 27.2 Å². The fraction of sp³-hybridized carbons (Fsp3) is 0.160. The molecule has 3 rings (SSSR count). The molecule has 3 aromatic rings. The van der Waals surface area contributed by atoms with Gasteiger partial charge in [-0.05, 0) is 65.7 Å². The van der Waals surface area contributed by atoms with Crippen LogP contribution in [0.25, 0.3) is 6.08 Å². The lowest BCUT2D eigenvalue weighted by molar-refractivity contribution is -0.116. The highest BCUT2D eigenvalue weighted by Gasteiger charge is 2.12. The molecular formula is C25H24FNO5. The minimum Gasteiger partial charge on any atom is -0.493 e. The van der Waals surface area contributed by atoms with Crippen molar-refractivity contribution in [3.8, 4) is 28.7 Å². The minimum atomic E-state index is -0.326. The molecule has 0 fully saturated rings. The quantitative estimate of drug-likeness (QED) is 0.479. The number of carbonyl (C=O) groups is 1. The lowest BCUT2D eigenvalue weighted by atomic mass is 10.1. The van der Waals surface area contributed by atoms with Gasteiger partial charge in [0.15, 0.2) is 11.5 Å². The second-order valence-electron chi connectivity index (χ2n) is 6.71. The summed E-state index contributed by atoms with van der Waals surface area (Å²) in [6.07, 6.45) is 3.09. The van der Waals surface area contributed by atoms with Crippen molar-refractivity contribution in [3.05, 3.63) is 83.7 Å². The molecule has 0 saturated heterocycles. The van der Waals surface area contributed by atoms with Gasteiger partial charge in [0.25, 0.3) is 0 Å². The average Bonchev–Trinajstić information content (AvgIpc) is 2.82. The summed E-state index contributed by atoms with van der Waals surface area (Å²) in [5, 5.41) is 2.83. The molecule has 0 aliphatic rings. The van der Waals surface area contributed by atoms with E-state index in [4.69, 9.17) is 18.9 Å². The first-order valence-corrected chi connectivity index (χ1v) is 9.80. The van der Waals surface area contributed by atoms with Gasteiger partial charge in [-0.2, -0.15) is 0 Å². The van der Waals surface area contributed by atoms with Crippen LogP contribution in [0.5, 0.6) is 28.7 Å². The fourth-order valence-electron chi connectivity index (χ4n) is 2.98. The van der Waals surface area contributed by atoms with Crippen molar-refractivity contribution >= 4 is 12.0 Å². The third-order valence-corrected chi connectivity index (χ3v) is 4.53. The molecule has 0 atom stereocenters. The Balaban J connectivity index is 1.61. The highest BCUT2D eigenvalue weighted by molar-refractivity contribution is 5.91. The molecule has 0 aliphatic carbocycles. The van der Waals surface area contributed by atoms with E-state index in [1.807, 2.05) is 18.2 Å². The lowest BCUT2D eigenvalue weighted by Crippen LogP contribution is -2.20. The molecule has 166 valence electrons. The Morgan fingerprint density at radius 2 is 1.59 bits per heavy atom. The highest BCUT2D eigenvalue weighted by Crippen LogP contribution is 2.38. The van der Waals surface area contributed by atoms with Crippen LogP contribution in [0, 0.1) is 5.82 Å². The SMILES string of the molecule is COc1cc(/C=C/C(=O)NCc2cccc(Oc3ccc(F)cc3)c2)cc(OC)c1OC. The standard InChI is InChI=1S/C25H24FNO5/c1-29-22-14-17(15-23(30-2)25(22)31-3)7-12-24(28)27-16-18-5-4-6-21(13-18)32-20-10-8-19(26)9-11-20/h4-15H,16H2,1-3H3,(H,27,28)/b12-7+. The van der Waals surface area contributed by atoms with Crippen molar-refractivity contribution in [2.75, 3.05) is 21.3 Å². The van der Waals surface area contributed by atoms with Gasteiger partial charge >= 0.3 is 0 Å². The number of benzene rings is 3. The van der Waals surface area contributed by atoms with Crippen LogP contribution in [0.1, 0.15) is 11.1 Å². The Hall–Kier alpha value is -4.00. The summed E-state index contributed by atoms with van der Waals surface area (Å²) < 4.78 is 34.7. The van der Waals surface area contributed by atoms with Gasteiger partial charge in [0, 0.05) is 12.6 Å². The molecule has 0 aliphatic heterocycles. The number of hydrogen-bond donors (Lipinski definition) is 1. The van der Waals surface area contributed by atoms with Gasteiger partial charge in [0.2, 0.25) is 11.7 Å². The summed E-state index contributed by atoms with van der Waals surface area (Å²) in [5.41, 5.74) is 1.59. The van der Waals surface area contributed by atoms with Crippen LogP contribution in [0.2, 0.25) is 0 Å². The van der Waals surface area contributed by atoms with E-state index in [9.17, 15) is 9.18 Å². The van der Waals surface area contributed by atoms with Crippen LogP contribution >= 0.6 is 0 Å².